The lowest BCUT2D eigenvalue weighted by Gasteiger charge is -2.29. The molecule has 2 unspecified atom stereocenters. The topological polar surface area (TPSA) is 35.2 Å². The van der Waals surface area contributed by atoms with E-state index in [1.54, 1.807) is 11.3 Å². The van der Waals surface area contributed by atoms with Crippen LogP contribution < -0.4 is 10.5 Å². The van der Waals surface area contributed by atoms with Crippen molar-refractivity contribution >= 4 is 38.9 Å². The first-order valence-corrected chi connectivity index (χ1v) is 8.07. The van der Waals surface area contributed by atoms with Gasteiger partial charge in [-0.2, -0.15) is 0 Å². The van der Waals surface area contributed by atoms with Crippen molar-refractivity contribution in [1.29, 1.82) is 0 Å². The zero-order valence-electron chi connectivity index (χ0n) is 10.1. The Hall–Kier alpha value is -0.550. The van der Waals surface area contributed by atoms with Crippen LogP contribution in [0.5, 0.6) is 5.75 Å². The SMILES string of the molecule is NC(c1cc(Cl)c(Br)s1)C1CCOc2ccccc21. The zero-order chi connectivity index (χ0) is 13.4. The summed E-state index contributed by atoms with van der Waals surface area (Å²) in [5, 5.41) is 0.732. The molecule has 19 heavy (non-hydrogen) atoms. The van der Waals surface area contributed by atoms with E-state index in [9.17, 15) is 0 Å². The van der Waals surface area contributed by atoms with Crippen molar-refractivity contribution in [2.75, 3.05) is 6.61 Å². The Morgan fingerprint density at radius 3 is 2.95 bits per heavy atom. The predicted octanol–water partition coefficient (Wildman–Crippen LogP) is 4.73. The second-order valence-corrected chi connectivity index (χ2v) is 7.39. The summed E-state index contributed by atoms with van der Waals surface area (Å²) in [7, 11) is 0. The number of rotatable bonds is 2. The Bertz CT molecular complexity index is 581. The molecule has 0 aliphatic carbocycles. The van der Waals surface area contributed by atoms with Crippen LogP contribution in [0, 0.1) is 0 Å². The number of para-hydroxylation sites is 1. The average Bonchev–Trinajstić information content (AvgIpc) is 2.77. The van der Waals surface area contributed by atoms with Crippen LogP contribution in [0.2, 0.25) is 5.02 Å². The number of nitrogens with two attached hydrogens (primary N) is 1. The number of fused-ring (bicyclic) bond motifs is 1. The van der Waals surface area contributed by atoms with Gasteiger partial charge in [-0.05, 0) is 40.0 Å². The molecule has 0 amide bonds. The molecule has 0 fully saturated rings. The van der Waals surface area contributed by atoms with Crippen LogP contribution in [0.25, 0.3) is 0 Å². The molecular formula is C14H13BrClNOS. The smallest absolute Gasteiger partial charge is 0.122 e. The fourth-order valence-electron chi connectivity index (χ4n) is 2.47. The van der Waals surface area contributed by atoms with Crippen LogP contribution >= 0.6 is 38.9 Å². The van der Waals surface area contributed by atoms with E-state index in [0.29, 0.717) is 0 Å². The molecule has 2 heterocycles. The van der Waals surface area contributed by atoms with Gasteiger partial charge in [-0.3, -0.25) is 0 Å². The number of ether oxygens (including phenoxy) is 1. The maximum atomic E-state index is 6.44. The van der Waals surface area contributed by atoms with E-state index in [1.165, 1.54) is 5.56 Å². The van der Waals surface area contributed by atoms with Crippen molar-refractivity contribution in [2.45, 2.75) is 18.4 Å². The summed E-state index contributed by atoms with van der Waals surface area (Å²) in [6.45, 7) is 0.718. The molecule has 0 saturated carbocycles. The third-order valence-electron chi connectivity index (χ3n) is 3.43. The minimum Gasteiger partial charge on any atom is -0.493 e. The standard InChI is InChI=1S/C14H13BrClNOS/c15-14-10(16)7-12(19-14)13(17)9-5-6-18-11-4-2-1-3-8(9)11/h1-4,7,9,13H,5-6,17H2. The third kappa shape index (κ3) is 2.55. The number of benzene rings is 1. The van der Waals surface area contributed by atoms with E-state index >= 15 is 0 Å². The normalized spacial score (nSPS) is 19.6. The van der Waals surface area contributed by atoms with Crippen LogP contribution in [0.1, 0.15) is 28.8 Å². The molecule has 1 aromatic carbocycles. The molecule has 100 valence electrons. The highest BCUT2D eigenvalue weighted by atomic mass is 79.9. The highest BCUT2D eigenvalue weighted by Crippen LogP contribution is 2.44. The van der Waals surface area contributed by atoms with Gasteiger partial charge in [0.25, 0.3) is 0 Å². The number of thiophene rings is 1. The molecule has 2 atom stereocenters. The predicted molar refractivity (Wildman–Crippen MR) is 83.3 cm³/mol. The molecule has 2 N–H and O–H groups in total. The van der Waals surface area contributed by atoms with E-state index < -0.39 is 0 Å². The Morgan fingerprint density at radius 2 is 2.21 bits per heavy atom. The lowest BCUT2D eigenvalue weighted by Crippen LogP contribution is -2.24. The molecule has 5 heteroatoms. The lowest BCUT2D eigenvalue weighted by molar-refractivity contribution is 0.256. The Balaban J connectivity index is 1.95. The lowest BCUT2D eigenvalue weighted by atomic mass is 9.86. The summed E-state index contributed by atoms with van der Waals surface area (Å²) in [6.07, 6.45) is 0.936. The second-order valence-electron chi connectivity index (χ2n) is 4.58. The highest BCUT2D eigenvalue weighted by molar-refractivity contribution is 9.11. The third-order valence-corrected chi connectivity index (χ3v) is 6.01. The van der Waals surface area contributed by atoms with Crippen LogP contribution in [0.4, 0.5) is 0 Å². The van der Waals surface area contributed by atoms with Crippen LogP contribution in [0.15, 0.2) is 34.1 Å². The fourth-order valence-corrected chi connectivity index (χ4v) is 4.28. The molecule has 0 saturated heterocycles. The maximum absolute atomic E-state index is 6.44. The number of halogens is 2. The summed E-state index contributed by atoms with van der Waals surface area (Å²) in [6, 6.07) is 10.0. The van der Waals surface area contributed by atoms with E-state index in [2.05, 4.69) is 22.0 Å². The molecule has 2 nitrogen and oxygen atoms in total. The molecule has 3 rings (SSSR count). The summed E-state index contributed by atoms with van der Waals surface area (Å²) in [5.74, 6) is 1.24. The van der Waals surface area contributed by atoms with Gasteiger partial charge in [-0.25, -0.2) is 0 Å². The van der Waals surface area contributed by atoms with Gasteiger partial charge in [0.2, 0.25) is 0 Å². The number of hydrogen-bond acceptors (Lipinski definition) is 3. The summed E-state index contributed by atoms with van der Waals surface area (Å²) >= 11 is 11.2. The Morgan fingerprint density at radius 1 is 1.42 bits per heavy atom. The second kappa shape index (κ2) is 5.44. The van der Waals surface area contributed by atoms with E-state index in [-0.39, 0.29) is 12.0 Å². The van der Waals surface area contributed by atoms with Crippen molar-refractivity contribution in [3.05, 3.63) is 49.6 Å². The van der Waals surface area contributed by atoms with Crippen LogP contribution in [0.3, 0.4) is 0 Å². The van der Waals surface area contributed by atoms with Gasteiger partial charge in [0.1, 0.15) is 5.75 Å². The Kier molecular flexibility index (Phi) is 3.85. The van der Waals surface area contributed by atoms with Gasteiger partial charge in [0, 0.05) is 16.8 Å². The van der Waals surface area contributed by atoms with Crippen molar-refractivity contribution < 1.29 is 4.74 Å². The van der Waals surface area contributed by atoms with Crippen molar-refractivity contribution in [3.63, 3.8) is 0 Å². The molecule has 0 bridgehead atoms. The zero-order valence-corrected chi connectivity index (χ0v) is 13.3. The summed E-state index contributed by atoms with van der Waals surface area (Å²) < 4.78 is 6.63. The van der Waals surface area contributed by atoms with Gasteiger partial charge in [0.05, 0.1) is 15.4 Å². The molecular weight excluding hydrogens is 346 g/mol. The van der Waals surface area contributed by atoms with Crippen molar-refractivity contribution in [3.8, 4) is 5.75 Å². The molecule has 1 aromatic heterocycles. The van der Waals surface area contributed by atoms with Crippen LogP contribution in [-0.2, 0) is 0 Å². The van der Waals surface area contributed by atoms with E-state index in [0.717, 1.165) is 32.5 Å². The molecule has 0 spiro atoms. The first-order chi connectivity index (χ1) is 9.16. The minimum atomic E-state index is -0.0427. The van der Waals surface area contributed by atoms with Crippen molar-refractivity contribution in [1.82, 2.24) is 0 Å². The first-order valence-electron chi connectivity index (χ1n) is 6.09. The molecule has 1 aliphatic rings. The molecule has 2 aromatic rings. The van der Waals surface area contributed by atoms with E-state index in [1.807, 2.05) is 24.3 Å². The summed E-state index contributed by atoms with van der Waals surface area (Å²) in [5.41, 5.74) is 7.64. The molecule has 1 aliphatic heterocycles. The summed E-state index contributed by atoms with van der Waals surface area (Å²) in [4.78, 5) is 1.11. The monoisotopic (exact) mass is 357 g/mol. The maximum Gasteiger partial charge on any atom is 0.122 e. The Labute approximate surface area is 129 Å². The van der Waals surface area contributed by atoms with Gasteiger partial charge in [-0.15, -0.1) is 11.3 Å². The highest BCUT2D eigenvalue weighted by Gasteiger charge is 2.28. The first kappa shape index (κ1) is 13.4. The quantitative estimate of drug-likeness (QED) is 0.842. The fraction of sp³-hybridized carbons (Fsp3) is 0.286. The average molecular weight is 359 g/mol. The van der Waals surface area contributed by atoms with Crippen molar-refractivity contribution in [2.24, 2.45) is 5.73 Å². The van der Waals surface area contributed by atoms with Gasteiger partial charge >= 0.3 is 0 Å². The minimum absolute atomic E-state index is 0.0427. The van der Waals surface area contributed by atoms with Gasteiger partial charge in [0.15, 0.2) is 0 Å². The van der Waals surface area contributed by atoms with Crippen LogP contribution in [-0.4, -0.2) is 6.61 Å². The molecule has 0 radical (unpaired) electrons. The number of hydrogen-bond donors (Lipinski definition) is 1. The van der Waals surface area contributed by atoms with Gasteiger partial charge in [-0.1, -0.05) is 29.8 Å². The van der Waals surface area contributed by atoms with Gasteiger partial charge < -0.3 is 10.5 Å². The largest absolute Gasteiger partial charge is 0.493 e. The van der Waals surface area contributed by atoms with E-state index in [4.69, 9.17) is 22.1 Å².